The number of ether oxygens (including phenoxy) is 2. The van der Waals surface area contributed by atoms with Crippen LogP contribution in [-0.4, -0.2) is 42.4 Å². The molecule has 0 saturated carbocycles. The van der Waals surface area contributed by atoms with Gasteiger partial charge in [-0.2, -0.15) is 0 Å². The average molecular weight is 343 g/mol. The van der Waals surface area contributed by atoms with Gasteiger partial charge in [0.05, 0.1) is 11.1 Å². The molecule has 1 aliphatic heterocycles. The monoisotopic (exact) mass is 343 g/mol. The third-order valence-electron chi connectivity index (χ3n) is 3.61. The third kappa shape index (κ3) is 3.50. The van der Waals surface area contributed by atoms with Gasteiger partial charge in [-0.3, -0.25) is 19.3 Å². The zero-order valence-corrected chi connectivity index (χ0v) is 13.1. The average Bonchev–Trinajstić information content (AvgIpc) is 2.85. The van der Waals surface area contributed by atoms with Crippen LogP contribution in [0, 0.1) is 5.82 Å². The van der Waals surface area contributed by atoms with Crippen LogP contribution in [0.15, 0.2) is 48.5 Å². The molecule has 0 atom stereocenters. The summed E-state index contributed by atoms with van der Waals surface area (Å²) in [5.41, 5.74) is 0.534. The van der Waals surface area contributed by atoms with Gasteiger partial charge in [0.25, 0.3) is 11.8 Å². The van der Waals surface area contributed by atoms with E-state index in [1.54, 1.807) is 18.2 Å². The lowest BCUT2D eigenvalue weighted by Gasteiger charge is -2.13. The summed E-state index contributed by atoms with van der Waals surface area (Å²) in [6.45, 7) is -0.656. The second-order valence-electron chi connectivity index (χ2n) is 5.24. The standard InChI is InChI=1S/C18H14FNO5/c19-14-7-3-4-8-15(14)24-9-10-25-16(21)11-20-17(22)12-5-1-2-6-13(12)18(20)23/h1-8H,9-11H2. The predicted molar refractivity (Wildman–Crippen MR) is 84.7 cm³/mol. The number of para-hydroxylation sites is 1. The van der Waals surface area contributed by atoms with Crippen molar-refractivity contribution >= 4 is 17.8 Å². The maximum atomic E-state index is 13.3. The lowest BCUT2D eigenvalue weighted by molar-refractivity contribution is -0.144. The van der Waals surface area contributed by atoms with E-state index in [-0.39, 0.29) is 30.1 Å². The highest BCUT2D eigenvalue weighted by molar-refractivity contribution is 6.22. The molecule has 2 aromatic rings. The molecule has 1 heterocycles. The Morgan fingerprint density at radius 2 is 1.52 bits per heavy atom. The molecule has 1 aliphatic rings. The summed E-state index contributed by atoms with van der Waals surface area (Å²) >= 11 is 0. The maximum absolute atomic E-state index is 13.3. The van der Waals surface area contributed by atoms with Crippen LogP contribution in [0.1, 0.15) is 20.7 Å². The fourth-order valence-electron chi connectivity index (χ4n) is 2.43. The van der Waals surface area contributed by atoms with Crippen molar-refractivity contribution in [1.82, 2.24) is 4.90 Å². The summed E-state index contributed by atoms with van der Waals surface area (Å²) in [5, 5.41) is 0. The molecule has 3 rings (SSSR count). The van der Waals surface area contributed by atoms with Crippen molar-refractivity contribution in [2.75, 3.05) is 19.8 Å². The van der Waals surface area contributed by atoms with Crippen LogP contribution in [0.3, 0.4) is 0 Å². The van der Waals surface area contributed by atoms with Gasteiger partial charge in [0, 0.05) is 0 Å². The highest BCUT2D eigenvalue weighted by atomic mass is 19.1. The molecule has 0 N–H and O–H groups in total. The van der Waals surface area contributed by atoms with Gasteiger partial charge in [-0.1, -0.05) is 24.3 Å². The van der Waals surface area contributed by atoms with Gasteiger partial charge < -0.3 is 9.47 Å². The van der Waals surface area contributed by atoms with E-state index in [4.69, 9.17) is 9.47 Å². The zero-order chi connectivity index (χ0) is 17.8. The minimum Gasteiger partial charge on any atom is -0.487 e. The first-order valence-corrected chi connectivity index (χ1v) is 7.56. The number of halogens is 1. The Kier molecular flexibility index (Phi) is 4.74. The van der Waals surface area contributed by atoms with E-state index in [9.17, 15) is 18.8 Å². The van der Waals surface area contributed by atoms with Crippen molar-refractivity contribution in [2.24, 2.45) is 0 Å². The largest absolute Gasteiger partial charge is 0.487 e. The SMILES string of the molecule is O=C(CN1C(=O)c2ccccc2C1=O)OCCOc1ccccc1F. The van der Waals surface area contributed by atoms with Crippen molar-refractivity contribution in [3.05, 3.63) is 65.5 Å². The molecule has 0 spiro atoms. The van der Waals surface area contributed by atoms with Crippen LogP contribution < -0.4 is 4.74 Å². The first kappa shape index (κ1) is 16.6. The van der Waals surface area contributed by atoms with Crippen molar-refractivity contribution in [3.8, 4) is 5.75 Å². The molecule has 0 bridgehead atoms. The maximum Gasteiger partial charge on any atom is 0.326 e. The molecule has 0 radical (unpaired) electrons. The molecular weight excluding hydrogens is 329 g/mol. The Labute approximate surface area is 142 Å². The smallest absolute Gasteiger partial charge is 0.326 e. The Balaban J connectivity index is 1.48. The first-order chi connectivity index (χ1) is 12.1. The van der Waals surface area contributed by atoms with Gasteiger partial charge in [-0.15, -0.1) is 0 Å². The van der Waals surface area contributed by atoms with Crippen molar-refractivity contribution in [3.63, 3.8) is 0 Å². The molecule has 2 aromatic carbocycles. The van der Waals surface area contributed by atoms with E-state index in [0.29, 0.717) is 0 Å². The molecule has 128 valence electrons. The molecule has 0 aromatic heterocycles. The van der Waals surface area contributed by atoms with Gasteiger partial charge in [0.15, 0.2) is 11.6 Å². The number of rotatable bonds is 6. The van der Waals surface area contributed by atoms with Crippen molar-refractivity contribution < 1.29 is 28.2 Å². The molecule has 0 fully saturated rings. The second-order valence-corrected chi connectivity index (χ2v) is 5.24. The highest BCUT2D eigenvalue weighted by Crippen LogP contribution is 2.22. The van der Waals surface area contributed by atoms with Crippen LogP contribution in [0.5, 0.6) is 5.75 Å². The number of hydrogen-bond donors (Lipinski definition) is 0. The summed E-state index contributed by atoms with van der Waals surface area (Å²) < 4.78 is 23.4. The highest BCUT2D eigenvalue weighted by Gasteiger charge is 2.36. The Morgan fingerprint density at radius 3 is 2.16 bits per heavy atom. The minimum absolute atomic E-state index is 0.0468. The van der Waals surface area contributed by atoms with Crippen LogP contribution in [0.4, 0.5) is 4.39 Å². The number of hydrogen-bond acceptors (Lipinski definition) is 5. The number of nitrogens with zero attached hydrogens (tertiary/aromatic N) is 1. The zero-order valence-electron chi connectivity index (χ0n) is 13.1. The van der Waals surface area contributed by atoms with E-state index in [1.165, 1.54) is 30.3 Å². The normalized spacial score (nSPS) is 12.9. The Bertz CT molecular complexity index is 801. The van der Waals surface area contributed by atoms with Crippen LogP contribution in [0.25, 0.3) is 0 Å². The second kappa shape index (κ2) is 7.12. The molecule has 0 saturated heterocycles. The summed E-state index contributed by atoms with van der Waals surface area (Å²) in [6, 6.07) is 12.2. The number of carbonyl (C=O) groups is 3. The molecule has 6 nitrogen and oxygen atoms in total. The third-order valence-corrected chi connectivity index (χ3v) is 3.61. The molecule has 25 heavy (non-hydrogen) atoms. The quantitative estimate of drug-likeness (QED) is 0.456. The molecule has 0 aliphatic carbocycles. The first-order valence-electron chi connectivity index (χ1n) is 7.56. The Hall–Kier alpha value is -3.22. The van der Waals surface area contributed by atoms with Crippen molar-refractivity contribution in [1.29, 1.82) is 0 Å². The molecular formula is C18H14FNO5. The van der Waals surface area contributed by atoms with Gasteiger partial charge in [0.1, 0.15) is 19.8 Å². The number of amides is 2. The van der Waals surface area contributed by atoms with Gasteiger partial charge in [0.2, 0.25) is 0 Å². The Morgan fingerprint density at radius 1 is 0.920 bits per heavy atom. The molecule has 2 amide bonds. The number of fused-ring (bicyclic) bond motifs is 1. The van der Waals surface area contributed by atoms with Crippen LogP contribution in [-0.2, 0) is 9.53 Å². The molecule has 0 unspecified atom stereocenters. The number of imide groups is 1. The van der Waals surface area contributed by atoms with E-state index in [1.807, 2.05) is 0 Å². The summed E-state index contributed by atoms with van der Waals surface area (Å²) in [5.74, 6) is -2.26. The van der Waals surface area contributed by atoms with E-state index < -0.39 is 30.1 Å². The van der Waals surface area contributed by atoms with Crippen LogP contribution >= 0.6 is 0 Å². The number of esters is 1. The van der Waals surface area contributed by atoms with Gasteiger partial charge >= 0.3 is 5.97 Å². The predicted octanol–water partition coefficient (Wildman–Crippen LogP) is 2.04. The van der Waals surface area contributed by atoms with E-state index >= 15 is 0 Å². The lowest BCUT2D eigenvalue weighted by Crippen LogP contribution is -2.36. The minimum atomic E-state index is -0.744. The summed E-state index contributed by atoms with van der Waals surface area (Å²) in [6.07, 6.45) is 0. The van der Waals surface area contributed by atoms with E-state index in [0.717, 1.165) is 4.90 Å². The van der Waals surface area contributed by atoms with Gasteiger partial charge in [-0.05, 0) is 24.3 Å². The number of benzene rings is 2. The topological polar surface area (TPSA) is 72.9 Å². The fraction of sp³-hybridized carbons (Fsp3) is 0.167. The lowest BCUT2D eigenvalue weighted by atomic mass is 10.1. The van der Waals surface area contributed by atoms with Crippen LogP contribution in [0.2, 0.25) is 0 Å². The van der Waals surface area contributed by atoms with Crippen molar-refractivity contribution in [2.45, 2.75) is 0 Å². The van der Waals surface area contributed by atoms with E-state index in [2.05, 4.69) is 0 Å². The number of carbonyl (C=O) groups excluding carboxylic acids is 3. The molecule has 7 heteroatoms. The fourth-order valence-corrected chi connectivity index (χ4v) is 2.43. The van der Waals surface area contributed by atoms with Gasteiger partial charge in [-0.25, -0.2) is 4.39 Å². The summed E-state index contributed by atoms with van der Waals surface area (Å²) in [4.78, 5) is 36.9. The summed E-state index contributed by atoms with van der Waals surface area (Å²) in [7, 11) is 0.